The van der Waals surface area contributed by atoms with Crippen molar-refractivity contribution in [3.8, 4) is 17.2 Å². The number of hydrogen-bond donors (Lipinski definition) is 5. The quantitative estimate of drug-likeness (QED) is 0.291. The fraction of sp³-hybridized carbons (Fsp3) is 0.176. The molecule has 24 heavy (non-hydrogen) atoms. The molecular formula is C17H18N2O5. The lowest BCUT2D eigenvalue weighted by Crippen LogP contribution is -2.26. The van der Waals surface area contributed by atoms with E-state index >= 15 is 0 Å². The zero-order chi connectivity index (χ0) is 17.7. The van der Waals surface area contributed by atoms with Gasteiger partial charge in [-0.3, -0.25) is 9.59 Å². The van der Waals surface area contributed by atoms with Crippen LogP contribution in [0.2, 0.25) is 0 Å². The first-order chi connectivity index (χ1) is 11.4. The Bertz CT molecular complexity index is 759. The number of carbonyl (C=O) groups excluding carboxylic acids is 2. The van der Waals surface area contributed by atoms with Crippen LogP contribution in [0, 0.1) is 0 Å². The number of rotatable bonds is 7. The van der Waals surface area contributed by atoms with Gasteiger partial charge in [0.15, 0.2) is 17.3 Å². The van der Waals surface area contributed by atoms with Crippen LogP contribution in [0.15, 0.2) is 36.4 Å². The minimum Gasteiger partial charge on any atom is -0.504 e. The highest BCUT2D eigenvalue weighted by Crippen LogP contribution is 2.39. The van der Waals surface area contributed by atoms with Gasteiger partial charge in [0.2, 0.25) is 11.7 Å². The van der Waals surface area contributed by atoms with Crippen molar-refractivity contribution in [2.45, 2.75) is 6.42 Å². The molecule has 2 aromatic rings. The van der Waals surface area contributed by atoms with Gasteiger partial charge in [-0.15, -0.1) is 0 Å². The SMILES string of the molecule is NC(=O)c1cc(O)c(O)c(O)c1CCNCC(=O)c1ccccc1. The Morgan fingerprint density at radius 1 is 1.04 bits per heavy atom. The monoisotopic (exact) mass is 330 g/mol. The van der Waals surface area contributed by atoms with E-state index in [0.29, 0.717) is 5.56 Å². The van der Waals surface area contributed by atoms with Crippen molar-refractivity contribution in [3.63, 3.8) is 0 Å². The maximum atomic E-state index is 11.9. The van der Waals surface area contributed by atoms with E-state index < -0.39 is 23.2 Å². The van der Waals surface area contributed by atoms with Crippen LogP contribution in [0.25, 0.3) is 0 Å². The number of carbonyl (C=O) groups is 2. The molecule has 0 saturated heterocycles. The number of phenolic OH excluding ortho intramolecular Hbond substituents is 3. The van der Waals surface area contributed by atoms with E-state index in [2.05, 4.69) is 5.32 Å². The lowest BCUT2D eigenvalue weighted by atomic mass is 10.0. The van der Waals surface area contributed by atoms with Crippen molar-refractivity contribution in [3.05, 3.63) is 53.1 Å². The van der Waals surface area contributed by atoms with Gasteiger partial charge in [-0.05, 0) is 19.0 Å². The molecule has 0 spiro atoms. The molecule has 0 heterocycles. The zero-order valence-electron chi connectivity index (χ0n) is 12.8. The van der Waals surface area contributed by atoms with E-state index in [9.17, 15) is 24.9 Å². The van der Waals surface area contributed by atoms with Crippen LogP contribution < -0.4 is 11.1 Å². The summed E-state index contributed by atoms with van der Waals surface area (Å²) < 4.78 is 0. The van der Waals surface area contributed by atoms with Gasteiger partial charge in [0.05, 0.1) is 6.54 Å². The fourth-order valence-electron chi connectivity index (χ4n) is 2.30. The zero-order valence-corrected chi connectivity index (χ0v) is 12.8. The Morgan fingerprint density at radius 2 is 1.71 bits per heavy atom. The molecular weight excluding hydrogens is 312 g/mol. The molecule has 1 amide bonds. The van der Waals surface area contributed by atoms with Crippen molar-refractivity contribution in [2.75, 3.05) is 13.1 Å². The number of aromatic hydroxyl groups is 3. The number of phenols is 3. The molecule has 6 N–H and O–H groups in total. The molecule has 0 unspecified atom stereocenters. The van der Waals surface area contributed by atoms with E-state index in [1.807, 2.05) is 6.07 Å². The van der Waals surface area contributed by atoms with Crippen LogP contribution in [-0.4, -0.2) is 40.1 Å². The molecule has 0 radical (unpaired) electrons. The van der Waals surface area contributed by atoms with Crippen LogP contribution in [0.4, 0.5) is 0 Å². The smallest absolute Gasteiger partial charge is 0.249 e. The minimum atomic E-state index is -0.837. The largest absolute Gasteiger partial charge is 0.504 e. The summed E-state index contributed by atoms with van der Waals surface area (Å²) in [5, 5.41) is 31.8. The third-order valence-electron chi connectivity index (χ3n) is 3.56. The van der Waals surface area contributed by atoms with Crippen LogP contribution in [0.1, 0.15) is 26.3 Å². The highest BCUT2D eigenvalue weighted by molar-refractivity contribution is 5.97. The van der Waals surface area contributed by atoms with E-state index in [1.54, 1.807) is 24.3 Å². The van der Waals surface area contributed by atoms with Crippen molar-refractivity contribution >= 4 is 11.7 Å². The average Bonchev–Trinajstić information content (AvgIpc) is 2.58. The second-order valence-corrected chi connectivity index (χ2v) is 5.20. The highest BCUT2D eigenvalue weighted by Gasteiger charge is 2.19. The predicted octanol–water partition coefficient (Wildman–Crippen LogP) is 0.917. The Labute approximate surface area is 138 Å². The molecule has 0 saturated carbocycles. The molecule has 0 aliphatic heterocycles. The molecule has 0 aliphatic carbocycles. The third kappa shape index (κ3) is 3.82. The van der Waals surface area contributed by atoms with Crippen molar-refractivity contribution < 1.29 is 24.9 Å². The molecule has 126 valence electrons. The number of hydrogen-bond acceptors (Lipinski definition) is 6. The highest BCUT2D eigenvalue weighted by atomic mass is 16.3. The molecule has 0 fully saturated rings. The minimum absolute atomic E-state index is 0.0841. The third-order valence-corrected chi connectivity index (χ3v) is 3.56. The molecule has 0 bridgehead atoms. The van der Waals surface area contributed by atoms with E-state index in [1.165, 1.54) is 0 Å². The summed E-state index contributed by atoms with van der Waals surface area (Å²) in [6.07, 6.45) is 0.139. The number of nitrogens with one attached hydrogen (secondary N) is 1. The second-order valence-electron chi connectivity index (χ2n) is 5.20. The van der Waals surface area contributed by atoms with Gasteiger partial charge in [-0.25, -0.2) is 0 Å². The Morgan fingerprint density at radius 3 is 2.33 bits per heavy atom. The summed E-state index contributed by atoms with van der Waals surface area (Å²) in [5.74, 6) is -2.87. The first-order valence-electron chi connectivity index (χ1n) is 7.27. The van der Waals surface area contributed by atoms with Crippen LogP contribution >= 0.6 is 0 Å². The summed E-state index contributed by atoms with van der Waals surface area (Å²) in [7, 11) is 0. The lowest BCUT2D eigenvalue weighted by Gasteiger charge is -2.12. The van der Waals surface area contributed by atoms with E-state index in [0.717, 1.165) is 6.07 Å². The summed E-state index contributed by atoms with van der Waals surface area (Å²) in [4.78, 5) is 23.3. The first-order valence-corrected chi connectivity index (χ1v) is 7.27. The summed E-state index contributed by atoms with van der Waals surface area (Å²) in [6, 6.07) is 9.77. The van der Waals surface area contributed by atoms with Gasteiger partial charge < -0.3 is 26.4 Å². The van der Waals surface area contributed by atoms with E-state index in [4.69, 9.17) is 5.73 Å². The standard InChI is InChI=1S/C17H18N2O5/c18-17(24)12-8-13(20)16(23)15(22)11(12)6-7-19-9-14(21)10-4-2-1-3-5-10/h1-5,8,19-20,22-23H,6-7,9H2,(H2,18,24). The Balaban J connectivity index is 2.01. The van der Waals surface area contributed by atoms with E-state index in [-0.39, 0.29) is 36.4 Å². The topological polar surface area (TPSA) is 133 Å². The van der Waals surface area contributed by atoms with Crippen LogP contribution in [0.5, 0.6) is 17.2 Å². The molecule has 7 heteroatoms. The molecule has 7 nitrogen and oxygen atoms in total. The number of amides is 1. The second kappa shape index (κ2) is 7.47. The van der Waals surface area contributed by atoms with Gasteiger partial charge in [0, 0.05) is 16.7 Å². The number of benzene rings is 2. The van der Waals surface area contributed by atoms with Crippen molar-refractivity contribution in [1.29, 1.82) is 0 Å². The average molecular weight is 330 g/mol. The Hall–Kier alpha value is -3.06. The first kappa shape index (κ1) is 17.3. The van der Waals surface area contributed by atoms with Gasteiger partial charge in [-0.2, -0.15) is 0 Å². The summed E-state index contributed by atoms with van der Waals surface area (Å²) in [5.41, 5.74) is 5.81. The maximum absolute atomic E-state index is 11.9. The predicted molar refractivity (Wildman–Crippen MR) is 87.3 cm³/mol. The maximum Gasteiger partial charge on any atom is 0.249 e. The molecule has 2 rings (SSSR count). The molecule has 0 aliphatic rings. The van der Waals surface area contributed by atoms with Crippen LogP contribution in [-0.2, 0) is 6.42 Å². The number of ketones is 1. The summed E-state index contributed by atoms with van der Waals surface area (Å²) in [6.45, 7) is 0.345. The van der Waals surface area contributed by atoms with Gasteiger partial charge in [-0.1, -0.05) is 30.3 Å². The van der Waals surface area contributed by atoms with Crippen molar-refractivity contribution in [1.82, 2.24) is 5.32 Å². The fourth-order valence-corrected chi connectivity index (χ4v) is 2.30. The lowest BCUT2D eigenvalue weighted by molar-refractivity contribution is 0.0984. The van der Waals surface area contributed by atoms with Crippen molar-refractivity contribution in [2.24, 2.45) is 5.73 Å². The van der Waals surface area contributed by atoms with Gasteiger partial charge in [0.25, 0.3) is 0 Å². The normalized spacial score (nSPS) is 10.5. The van der Waals surface area contributed by atoms with Gasteiger partial charge >= 0.3 is 0 Å². The molecule has 0 aromatic heterocycles. The number of Topliss-reactive ketones (excluding diaryl/α,β-unsaturated/α-hetero) is 1. The number of primary amides is 1. The van der Waals surface area contributed by atoms with Gasteiger partial charge in [0.1, 0.15) is 0 Å². The summed E-state index contributed by atoms with van der Waals surface area (Å²) >= 11 is 0. The molecule has 2 aromatic carbocycles. The number of nitrogens with two attached hydrogens (primary N) is 1. The van der Waals surface area contributed by atoms with Crippen LogP contribution in [0.3, 0.4) is 0 Å². The molecule has 0 atom stereocenters. The Kier molecular flexibility index (Phi) is 5.39.